The van der Waals surface area contributed by atoms with Crippen molar-refractivity contribution in [3.63, 3.8) is 0 Å². The molecule has 1 aromatic heterocycles. The number of hydrogen-bond acceptors (Lipinski definition) is 6. The third-order valence-electron chi connectivity index (χ3n) is 7.11. The van der Waals surface area contributed by atoms with Crippen molar-refractivity contribution in [2.75, 3.05) is 39.1 Å². The van der Waals surface area contributed by atoms with Crippen molar-refractivity contribution in [1.29, 1.82) is 0 Å². The Morgan fingerprint density at radius 1 is 0.973 bits per heavy atom. The molecule has 7 nitrogen and oxygen atoms in total. The molecule has 10 heteroatoms. The van der Waals surface area contributed by atoms with E-state index >= 15 is 0 Å². The van der Waals surface area contributed by atoms with E-state index in [9.17, 15) is 13.2 Å². The summed E-state index contributed by atoms with van der Waals surface area (Å²) in [5, 5.41) is 0.649. The maximum Gasteiger partial charge on any atom is 0.260 e. The number of likely N-dealkylation sites (N-methyl/N-ethyl adjacent to an activating group) is 1. The fraction of sp³-hybridized carbons (Fsp3) is 0.481. The Morgan fingerprint density at radius 2 is 1.59 bits per heavy atom. The van der Waals surface area contributed by atoms with Gasteiger partial charge in [-0.1, -0.05) is 30.6 Å². The molecule has 0 spiro atoms. The Kier molecular flexibility index (Phi) is 9.74. The largest absolute Gasteiger partial charge is 0.308 e. The van der Waals surface area contributed by atoms with Crippen LogP contribution in [0, 0.1) is 13.8 Å². The van der Waals surface area contributed by atoms with Gasteiger partial charge in [0.05, 0.1) is 15.1 Å². The highest BCUT2D eigenvalue weighted by Crippen LogP contribution is 2.32. The van der Waals surface area contributed by atoms with Crippen molar-refractivity contribution in [1.82, 2.24) is 14.2 Å². The van der Waals surface area contributed by atoms with Crippen molar-refractivity contribution in [3.8, 4) is 0 Å². The molecule has 3 aromatic rings. The number of sulfonamides is 1. The van der Waals surface area contributed by atoms with Gasteiger partial charge in [-0.05, 0) is 88.3 Å². The lowest BCUT2D eigenvalue weighted by molar-refractivity contribution is 0.0985. The number of carbonyl (C=O) groups is 1. The highest BCUT2D eigenvalue weighted by atomic mass is 35.5. The van der Waals surface area contributed by atoms with Gasteiger partial charge in [-0.2, -0.15) is 4.31 Å². The SMILES string of the molecule is Cc1cc2nc(N(CCN(C)C)C(=O)c3ccc(S(=O)(=O)N(C)C4CCCCC4)cc3)sc2cc1C.Cl. The molecule has 1 fully saturated rings. The first-order chi connectivity index (χ1) is 17.1. The molecule has 0 saturated heterocycles. The molecule has 202 valence electrons. The molecule has 0 N–H and O–H groups in total. The molecule has 0 unspecified atom stereocenters. The molecule has 1 saturated carbocycles. The zero-order valence-electron chi connectivity index (χ0n) is 22.2. The number of aryl methyl sites for hydroxylation is 2. The van der Waals surface area contributed by atoms with Crippen LogP contribution in [0.5, 0.6) is 0 Å². The van der Waals surface area contributed by atoms with Gasteiger partial charge in [0.2, 0.25) is 10.0 Å². The van der Waals surface area contributed by atoms with Crippen molar-refractivity contribution in [3.05, 3.63) is 53.1 Å². The van der Waals surface area contributed by atoms with Crippen molar-refractivity contribution >= 4 is 55.0 Å². The summed E-state index contributed by atoms with van der Waals surface area (Å²) in [6.07, 6.45) is 5.08. The highest BCUT2D eigenvalue weighted by Gasteiger charge is 2.29. The molecule has 1 amide bonds. The first-order valence-electron chi connectivity index (χ1n) is 12.5. The summed E-state index contributed by atoms with van der Waals surface area (Å²) in [6, 6.07) is 10.6. The number of carbonyl (C=O) groups excluding carboxylic acids is 1. The summed E-state index contributed by atoms with van der Waals surface area (Å²) in [4.78, 5) is 22.3. The first kappa shape index (κ1) is 29.5. The van der Waals surface area contributed by atoms with Crippen molar-refractivity contribution in [2.24, 2.45) is 0 Å². The highest BCUT2D eigenvalue weighted by molar-refractivity contribution is 7.89. The van der Waals surface area contributed by atoms with Gasteiger partial charge < -0.3 is 4.90 Å². The van der Waals surface area contributed by atoms with Crippen LogP contribution in [0.1, 0.15) is 53.6 Å². The van der Waals surface area contributed by atoms with Crippen LogP contribution in [0.4, 0.5) is 5.13 Å². The van der Waals surface area contributed by atoms with Gasteiger partial charge in [-0.25, -0.2) is 13.4 Å². The summed E-state index contributed by atoms with van der Waals surface area (Å²) in [5.74, 6) is -0.186. The number of benzene rings is 2. The average molecular weight is 565 g/mol. The minimum absolute atomic E-state index is 0. The summed E-state index contributed by atoms with van der Waals surface area (Å²) in [6.45, 7) is 5.29. The fourth-order valence-corrected chi connectivity index (χ4v) is 7.09. The Hall–Kier alpha value is -2.04. The zero-order valence-corrected chi connectivity index (χ0v) is 24.7. The van der Waals surface area contributed by atoms with E-state index in [0.717, 1.165) is 35.9 Å². The molecule has 4 rings (SSSR count). The minimum atomic E-state index is -3.61. The number of amides is 1. The normalized spacial score (nSPS) is 14.8. The summed E-state index contributed by atoms with van der Waals surface area (Å²) in [5.41, 5.74) is 3.69. The molecule has 37 heavy (non-hydrogen) atoms. The smallest absolute Gasteiger partial charge is 0.260 e. The van der Waals surface area contributed by atoms with Gasteiger partial charge in [0, 0.05) is 31.7 Å². The summed E-state index contributed by atoms with van der Waals surface area (Å²) >= 11 is 1.50. The van der Waals surface area contributed by atoms with E-state index in [1.54, 1.807) is 36.2 Å². The van der Waals surface area contributed by atoms with E-state index in [4.69, 9.17) is 4.98 Å². The number of anilines is 1. The number of aromatic nitrogens is 1. The molecule has 1 aliphatic carbocycles. The fourth-order valence-electron chi connectivity index (χ4n) is 4.60. The summed E-state index contributed by atoms with van der Waals surface area (Å²) in [7, 11) is 2.00. The van der Waals surface area contributed by atoms with Gasteiger partial charge >= 0.3 is 0 Å². The molecule has 2 aromatic carbocycles. The lowest BCUT2D eigenvalue weighted by Crippen LogP contribution is -2.38. The second-order valence-corrected chi connectivity index (χ2v) is 13.0. The Morgan fingerprint density at radius 3 is 2.22 bits per heavy atom. The van der Waals surface area contributed by atoms with Crippen molar-refractivity contribution < 1.29 is 13.2 Å². The maximum absolute atomic E-state index is 13.6. The van der Waals surface area contributed by atoms with E-state index in [-0.39, 0.29) is 29.3 Å². The lowest BCUT2D eigenvalue weighted by Gasteiger charge is -2.30. The lowest BCUT2D eigenvalue weighted by atomic mass is 9.96. The maximum atomic E-state index is 13.6. The van der Waals surface area contributed by atoms with Gasteiger partial charge in [-0.3, -0.25) is 9.69 Å². The number of hydrogen-bond donors (Lipinski definition) is 0. The minimum Gasteiger partial charge on any atom is -0.308 e. The van der Waals surface area contributed by atoms with Crippen LogP contribution < -0.4 is 4.90 Å². The molecule has 1 aliphatic rings. The van der Waals surface area contributed by atoms with Crippen LogP contribution in [-0.4, -0.2) is 68.8 Å². The second-order valence-electron chi connectivity index (χ2n) is 10.00. The monoisotopic (exact) mass is 564 g/mol. The summed E-state index contributed by atoms with van der Waals surface area (Å²) < 4.78 is 29.0. The van der Waals surface area contributed by atoms with E-state index in [1.807, 2.05) is 19.0 Å². The van der Waals surface area contributed by atoms with E-state index in [1.165, 1.54) is 33.2 Å². The number of fused-ring (bicyclic) bond motifs is 1. The molecule has 0 aliphatic heterocycles. The van der Waals surface area contributed by atoms with Crippen LogP contribution in [0.3, 0.4) is 0 Å². The second kappa shape index (κ2) is 12.2. The topological polar surface area (TPSA) is 73.8 Å². The number of halogens is 1. The zero-order chi connectivity index (χ0) is 26.0. The first-order valence-corrected chi connectivity index (χ1v) is 14.8. The third-order valence-corrected chi connectivity index (χ3v) is 10.1. The van der Waals surface area contributed by atoms with Crippen LogP contribution in [-0.2, 0) is 10.0 Å². The van der Waals surface area contributed by atoms with E-state index < -0.39 is 10.0 Å². The van der Waals surface area contributed by atoms with Crippen LogP contribution in [0.25, 0.3) is 10.2 Å². The predicted molar refractivity (Wildman–Crippen MR) is 155 cm³/mol. The van der Waals surface area contributed by atoms with Crippen molar-refractivity contribution in [2.45, 2.75) is 56.9 Å². The molecular formula is C27H37ClN4O3S2. The number of nitrogens with zero attached hydrogens (tertiary/aromatic N) is 4. The van der Waals surface area contributed by atoms with Gasteiger partial charge in [-0.15, -0.1) is 12.4 Å². The standard InChI is InChI=1S/C27H36N4O3S2.ClH/c1-19-17-24-25(18-20(19)2)35-27(28-24)31(16-15-29(3)4)26(32)21-11-13-23(14-12-21)36(33,34)30(5)22-9-7-6-8-10-22;/h11-14,17-18,22H,6-10,15-16H2,1-5H3;1H. The van der Waals surface area contributed by atoms with E-state index in [2.05, 4.69) is 26.0 Å². The van der Waals surface area contributed by atoms with Gasteiger partial charge in [0.1, 0.15) is 0 Å². The third kappa shape index (κ3) is 6.52. The van der Waals surface area contributed by atoms with Crippen LogP contribution in [0.15, 0.2) is 41.3 Å². The van der Waals surface area contributed by atoms with Gasteiger partial charge in [0.25, 0.3) is 5.91 Å². The molecule has 0 radical (unpaired) electrons. The Labute approximate surface area is 230 Å². The number of rotatable bonds is 8. The molecular weight excluding hydrogens is 528 g/mol. The Balaban J connectivity index is 0.00000380. The predicted octanol–water partition coefficient (Wildman–Crippen LogP) is 5.50. The van der Waals surface area contributed by atoms with E-state index in [0.29, 0.717) is 23.8 Å². The molecule has 0 bridgehead atoms. The average Bonchev–Trinajstić information content (AvgIpc) is 3.26. The molecule has 0 atom stereocenters. The Bertz CT molecular complexity index is 1290. The van der Waals surface area contributed by atoms with Crippen LogP contribution in [0.2, 0.25) is 0 Å². The quantitative estimate of drug-likeness (QED) is 0.361. The molecule has 1 heterocycles. The van der Waals surface area contributed by atoms with Crippen LogP contribution >= 0.6 is 23.7 Å². The number of thiazole rings is 1. The van der Waals surface area contributed by atoms with Gasteiger partial charge in [0.15, 0.2) is 5.13 Å².